The molecule has 3 nitrogen and oxygen atoms in total. The summed E-state index contributed by atoms with van der Waals surface area (Å²) in [5, 5.41) is 7.00. The van der Waals surface area contributed by atoms with Crippen LogP contribution in [0.2, 0.25) is 0 Å². The minimum absolute atomic E-state index is 0.306. The van der Waals surface area contributed by atoms with Crippen LogP contribution in [0.25, 0.3) is 17.0 Å². The minimum Gasteiger partial charge on any atom is -0.398 e. The first kappa shape index (κ1) is 23.9. The van der Waals surface area contributed by atoms with Gasteiger partial charge in [0.25, 0.3) is 0 Å². The smallest absolute Gasteiger partial charge is 0.132 e. The SMILES string of the molecule is C=C/C=C(/N)c1c(-c2ccc(C)cc2F)n[nH]c1C.CCC.Cc1ccccc1. The summed E-state index contributed by atoms with van der Waals surface area (Å²) in [6.45, 7) is 13.6. The molecular formula is C25H32FN3. The van der Waals surface area contributed by atoms with Gasteiger partial charge in [0.2, 0.25) is 0 Å². The standard InChI is InChI=1S/C15H16FN3.C7H8.C3H8/c1-4-5-13(17)14-10(3)18-19-15(14)11-7-6-9(2)8-12(11)16;1-7-5-3-2-4-6-7;1-3-2/h4-8H,1,17H2,2-3H3,(H,18,19);2-6H,1H3;3H2,1-2H3/b13-5+;;. The number of aryl methyl sites for hydroxylation is 3. The Morgan fingerprint density at radius 2 is 1.69 bits per heavy atom. The van der Waals surface area contributed by atoms with Crippen molar-refractivity contribution in [2.75, 3.05) is 0 Å². The van der Waals surface area contributed by atoms with Gasteiger partial charge in [0, 0.05) is 22.5 Å². The number of halogens is 1. The molecule has 3 aromatic rings. The molecule has 1 heterocycles. The quantitative estimate of drug-likeness (QED) is 0.485. The van der Waals surface area contributed by atoms with Gasteiger partial charge in [-0.25, -0.2) is 4.39 Å². The number of hydrogen-bond acceptors (Lipinski definition) is 2. The van der Waals surface area contributed by atoms with E-state index in [-0.39, 0.29) is 5.82 Å². The van der Waals surface area contributed by atoms with E-state index >= 15 is 0 Å². The first-order chi connectivity index (χ1) is 13.8. The molecule has 0 bridgehead atoms. The second-order valence-corrected chi connectivity index (χ2v) is 6.78. The lowest BCUT2D eigenvalue weighted by Gasteiger charge is -2.06. The van der Waals surface area contributed by atoms with E-state index < -0.39 is 0 Å². The summed E-state index contributed by atoms with van der Waals surface area (Å²) in [4.78, 5) is 0. The third kappa shape index (κ3) is 7.41. The van der Waals surface area contributed by atoms with Crippen molar-refractivity contribution in [1.29, 1.82) is 0 Å². The van der Waals surface area contributed by atoms with Gasteiger partial charge in [0.15, 0.2) is 0 Å². The summed E-state index contributed by atoms with van der Waals surface area (Å²) in [5.41, 5.74) is 11.1. The number of hydrogen-bond donors (Lipinski definition) is 2. The number of rotatable bonds is 3. The Labute approximate surface area is 174 Å². The Hall–Kier alpha value is -3.14. The molecular weight excluding hydrogens is 361 g/mol. The maximum Gasteiger partial charge on any atom is 0.132 e. The van der Waals surface area contributed by atoms with Crippen molar-refractivity contribution < 1.29 is 4.39 Å². The molecule has 0 fully saturated rings. The molecule has 2 aromatic carbocycles. The Balaban J connectivity index is 0.000000347. The summed E-state index contributed by atoms with van der Waals surface area (Å²) in [6, 6.07) is 15.3. The lowest BCUT2D eigenvalue weighted by atomic mass is 10.0. The van der Waals surface area contributed by atoms with Crippen LogP contribution in [0.5, 0.6) is 0 Å². The van der Waals surface area contributed by atoms with E-state index in [1.165, 1.54) is 18.1 Å². The Kier molecular flexibility index (Phi) is 10.2. The van der Waals surface area contributed by atoms with Gasteiger partial charge < -0.3 is 5.73 Å². The summed E-state index contributed by atoms with van der Waals surface area (Å²) >= 11 is 0. The number of aromatic nitrogens is 2. The monoisotopic (exact) mass is 393 g/mol. The molecule has 1 aromatic heterocycles. The van der Waals surface area contributed by atoms with Gasteiger partial charge in [-0.3, -0.25) is 5.10 Å². The zero-order valence-corrected chi connectivity index (χ0v) is 18.1. The minimum atomic E-state index is -0.306. The number of nitrogens with two attached hydrogens (primary N) is 1. The van der Waals surface area contributed by atoms with Crippen LogP contribution in [0.4, 0.5) is 4.39 Å². The fraction of sp³-hybridized carbons (Fsp3) is 0.240. The highest BCUT2D eigenvalue weighted by molar-refractivity contribution is 5.79. The fourth-order valence-corrected chi connectivity index (χ4v) is 2.53. The number of H-pyrrole nitrogens is 1. The van der Waals surface area contributed by atoms with Gasteiger partial charge >= 0.3 is 0 Å². The van der Waals surface area contributed by atoms with Crippen molar-refractivity contribution in [3.63, 3.8) is 0 Å². The lowest BCUT2D eigenvalue weighted by Crippen LogP contribution is -1.99. The van der Waals surface area contributed by atoms with Gasteiger partial charge in [0.1, 0.15) is 11.5 Å². The molecule has 154 valence electrons. The van der Waals surface area contributed by atoms with E-state index in [1.807, 2.05) is 38.1 Å². The third-order valence-electron chi connectivity index (χ3n) is 3.85. The van der Waals surface area contributed by atoms with Crippen molar-refractivity contribution in [3.05, 3.63) is 95.5 Å². The number of nitrogens with zero attached hydrogens (tertiary/aromatic N) is 1. The number of allylic oxidation sites excluding steroid dienone is 2. The predicted octanol–water partition coefficient (Wildman–Crippen LogP) is 6.73. The lowest BCUT2D eigenvalue weighted by molar-refractivity contribution is 0.629. The van der Waals surface area contributed by atoms with E-state index in [4.69, 9.17) is 5.73 Å². The third-order valence-corrected chi connectivity index (χ3v) is 3.85. The predicted molar refractivity (Wildman–Crippen MR) is 123 cm³/mol. The highest BCUT2D eigenvalue weighted by atomic mass is 19.1. The van der Waals surface area contributed by atoms with Crippen LogP contribution in [0.3, 0.4) is 0 Å². The summed E-state index contributed by atoms with van der Waals surface area (Å²) in [7, 11) is 0. The molecule has 29 heavy (non-hydrogen) atoms. The van der Waals surface area contributed by atoms with Gasteiger partial charge in [-0.1, -0.05) is 74.9 Å². The topological polar surface area (TPSA) is 54.7 Å². The highest BCUT2D eigenvalue weighted by Crippen LogP contribution is 2.29. The average Bonchev–Trinajstić information content (AvgIpc) is 3.05. The van der Waals surface area contributed by atoms with E-state index in [1.54, 1.807) is 18.2 Å². The maximum atomic E-state index is 14.0. The van der Waals surface area contributed by atoms with Crippen LogP contribution >= 0.6 is 0 Å². The summed E-state index contributed by atoms with van der Waals surface area (Å²) in [6.07, 6.45) is 4.52. The zero-order valence-electron chi connectivity index (χ0n) is 18.1. The molecule has 0 aliphatic carbocycles. The molecule has 0 spiro atoms. The number of nitrogens with one attached hydrogen (secondary N) is 1. The van der Waals surface area contributed by atoms with Crippen LogP contribution in [0, 0.1) is 26.6 Å². The summed E-state index contributed by atoms with van der Waals surface area (Å²) in [5.74, 6) is -0.306. The molecule has 3 rings (SSSR count). The second-order valence-electron chi connectivity index (χ2n) is 6.78. The zero-order chi connectivity index (χ0) is 21.8. The van der Waals surface area contributed by atoms with Crippen molar-refractivity contribution >= 4 is 5.70 Å². The van der Waals surface area contributed by atoms with Crippen LogP contribution < -0.4 is 5.73 Å². The molecule has 0 atom stereocenters. The maximum absolute atomic E-state index is 14.0. The van der Waals surface area contributed by atoms with Gasteiger partial charge in [-0.2, -0.15) is 5.10 Å². The van der Waals surface area contributed by atoms with E-state index in [2.05, 4.69) is 49.7 Å². The first-order valence-corrected chi connectivity index (χ1v) is 9.77. The molecule has 0 aliphatic heterocycles. The first-order valence-electron chi connectivity index (χ1n) is 9.77. The molecule has 0 unspecified atom stereocenters. The van der Waals surface area contributed by atoms with Crippen molar-refractivity contribution in [3.8, 4) is 11.3 Å². The highest BCUT2D eigenvalue weighted by Gasteiger charge is 2.17. The molecule has 0 saturated heterocycles. The fourth-order valence-electron chi connectivity index (χ4n) is 2.53. The number of aromatic amines is 1. The molecule has 0 amide bonds. The average molecular weight is 394 g/mol. The van der Waals surface area contributed by atoms with Gasteiger partial charge in [0.05, 0.1) is 0 Å². The molecule has 3 N–H and O–H groups in total. The van der Waals surface area contributed by atoms with Gasteiger partial charge in [-0.05, 0) is 44.5 Å². The molecule has 4 heteroatoms. The van der Waals surface area contributed by atoms with Crippen LogP contribution in [0.15, 0.2) is 67.3 Å². The molecule has 0 aliphatic rings. The second kappa shape index (κ2) is 12.3. The van der Waals surface area contributed by atoms with Crippen LogP contribution in [-0.4, -0.2) is 10.2 Å². The number of benzene rings is 2. The van der Waals surface area contributed by atoms with Crippen LogP contribution in [-0.2, 0) is 0 Å². The van der Waals surface area contributed by atoms with E-state index in [0.717, 1.165) is 11.3 Å². The Bertz CT molecular complexity index is 924. The summed E-state index contributed by atoms with van der Waals surface area (Å²) < 4.78 is 14.0. The van der Waals surface area contributed by atoms with Crippen LogP contribution in [0.1, 0.15) is 42.7 Å². The van der Waals surface area contributed by atoms with E-state index in [9.17, 15) is 4.39 Å². The van der Waals surface area contributed by atoms with Gasteiger partial charge in [-0.15, -0.1) is 0 Å². The molecule has 0 saturated carbocycles. The normalized spacial score (nSPS) is 10.3. The van der Waals surface area contributed by atoms with Crippen molar-refractivity contribution in [2.45, 2.75) is 41.0 Å². The van der Waals surface area contributed by atoms with Crippen molar-refractivity contribution in [2.24, 2.45) is 5.73 Å². The Morgan fingerprint density at radius 1 is 1.07 bits per heavy atom. The van der Waals surface area contributed by atoms with E-state index in [0.29, 0.717) is 22.5 Å². The van der Waals surface area contributed by atoms with Crippen molar-refractivity contribution in [1.82, 2.24) is 10.2 Å². The molecule has 0 radical (unpaired) electrons. The Morgan fingerprint density at radius 3 is 2.17 bits per heavy atom. The largest absolute Gasteiger partial charge is 0.398 e.